The Morgan fingerprint density at radius 3 is 2.50 bits per heavy atom. The van der Waals surface area contributed by atoms with E-state index in [4.69, 9.17) is 20.9 Å². The summed E-state index contributed by atoms with van der Waals surface area (Å²) in [5.41, 5.74) is 13.9. The van der Waals surface area contributed by atoms with Gasteiger partial charge in [0, 0.05) is 72.9 Å². The Morgan fingerprint density at radius 1 is 1.08 bits per heavy atom. The van der Waals surface area contributed by atoms with E-state index in [2.05, 4.69) is 15.3 Å². The van der Waals surface area contributed by atoms with Crippen LogP contribution >= 0.6 is 0 Å². The van der Waals surface area contributed by atoms with Crippen LogP contribution in [0.2, 0.25) is 0 Å². The Morgan fingerprint density at radius 2 is 1.83 bits per heavy atom. The van der Waals surface area contributed by atoms with Crippen LogP contribution in [0.25, 0.3) is 16.7 Å². The highest BCUT2D eigenvalue weighted by Crippen LogP contribution is 2.29. The van der Waals surface area contributed by atoms with Gasteiger partial charge in [0.15, 0.2) is 0 Å². The fourth-order valence-electron chi connectivity index (χ4n) is 5.84. The van der Waals surface area contributed by atoms with Crippen molar-refractivity contribution in [2.24, 2.45) is 10.7 Å². The molecular weight excluding hydrogens is 679 g/mol. The van der Waals surface area contributed by atoms with E-state index in [0.717, 1.165) is 4.90 Å². The van der Waals surface area contributed by atoms with E-state index >= 15 is 0 Å². The Hall–Kier alpha value is -5.80. The zero-order valence-electron chi connectivity index (χ0n) is 27.9. The van der Waals surface area contributed by atoms with Crippen molar-refractivity contribution in [3.63, 3.8) is 0 Å². The molecular formula is C37H36F3N7O5. The highest BCUT2D eigenvalue weighted by molar-refractivity contribution is 6.10. The topological polar surface area (TPSA) is 167 Å². The largest absolute Gasteiger partial charge is 0.404 e. The van der Waals surface area contributed by atoms with Gasteiger partial charge in [-0.15, -0.1) is 0 Å². The summed E-state index contributed by atoms with van der Waals surface area (Å²) in [6, 6.07) is 13.9. The number of alkyl halides is 2. The van der Waals surface area contributed by atoms with Crippen LogP contribution in [0.5, 0.6) is 0 Å². The standard InChI is InChI=1S/C37H36F3N7O5/c38-27-5-1-23(2-6-27)18-46-19-31(33(48)32(20-46)36(50)47-10-9-37(39,40)22-47)35(49)45-28-7-3-24(4-8-28)30-13-25(16-44-34(30)42)26(14-41)15-43-17-29-21-51-11-12-52-29/h1-8,13-16,19-20,29H,9-12,17-18,21-22,41H2,(H2,42,44)(H,45,49)/t29-/m0/s1. The fraction of sp³-hybridized carbons (Fsp3) is 0.270. The predicted octanol–water partition coefficient (Wildman–Crippen LogP) is 4.20. The first-order valence-corrected chi connectivity index (χ1v) is 16.4. The van der Waals surface area contributed by atoms with Crippen LogP contribution in [-0.4, -0.2) is 84.0 Å². The van der Waals surface area contributed by atoms with Gasteiger partial charge in [-0.2, -0.15) is 0 Å². The normalized spacial score (nSPS) is 17.4. The highest BCUT2D eigenvalue weighted by Gasteiger charge is 2.41. The molecule has 4 heterocycles. The maximum atomic E-state index is 14.0. The second kappa shape index (κ2) is 15.6. The Balaban J connectivity index is 1.22. The summed E-state index contributed by atoms with van der Waals surface area (Å²) in [4.78, 5) is 50.0. The van der Waals surface area contributed by atoms with Crippen LogP contribution in [0, 0.1) is 5.82 Å². The van der Waals surface area contributed by atoms with Gasteiger partial charge < -0.3 is 35.7 Å². The lowest BCUT2D eigenvalue weighted by atomic mass is 10.0. The van der Waals surface area contributed by atoms with Gasteiger partial charge in [-0.1, -0.05) is 24.3 Å². The van der Waals surface area contributed by atoms with Gasteiger partial charge in [0.2, 0.25) is 5.43 Å². The third-order valence-corrected chi connectivity index (χ3v) is 8.60. The van der Waals surface area contributed by atoms with E-state index in [-0.39, 0.29) is 30.6 Å². The van der Waals surface area contributed by atoms with E-state index in [9.17, 15) is 27.6 Å². The molecule has 270 valence electrons. The number of nitrogens with one attached hydrogen (secondary N) is 1. The number of rotatable bonds is 10. The molecule has 6 rings (SSSR count). The first-order valence-electron chi connectivity index (χ1n) is 16.4. The Kier molecular flexibility index (Phi) is 10.8. The van der Waals surface area contributed by atoms with E-state index < -0.39 is 47.5 Å². The molecule has 0 aliphatic carbocycles. The maximum Gasteiger partial charge on any atom is 0.267 e. The number of benzene rings is 2. The van der Waals surface area contributed by atoms with Crippen molar-refractivity contribution in [1.82, 2.24) is 14.5 Å². The summed E-state index contributed by atoms with van der Waals surface area (Å²) in [5.74, 6) is -5.01. The van der Waals surface area contributed by atoms with E-state index in [0.29, 0.717) is 59.9 Å². The summed E-state index contributed by atoms with van der Waals surface area (Å²) in [6.45, 7) is 0.941. The van der Waals surface area contributed by atoms with Crippen molar-refractivity contribution >= 4 is 35.1 Å². The molecule has 2 saturated heterocycles. The first kappa shape index (κ1) is 36.0. The molecule has 2 aromatic heterocycles. The van der Waals surface area contributed by atoms with Crippen LogP contribution in [0.1, 0.15) is 38.3 Å². The van der Waals surface area contributed by atoms with Crippen LogP contribution in [-0.2, 0) is 16.0 Å². The highest BCUT2D eigenvalue weighted by atomic mass is 19.3. The number of hydrogen-bond acceptors (Lipinski definition) is 9. The maximum absolute atomic E-state index is 14.0. The number of nitrogens with zero attached hydrogens (tertiary/aromatic N) is 4. The molecule has 2 fully saturated rings. The van der Waals surface area contributed by atoms with Crippen LogP contribution in [0.15, 0.2) is 89.2 Å². The summed E-state index contributed by atoms with van der Waals surface area (Å²) in [6.07, 6.45) is 6.44. The van der Waals surface area contributed by atoms with Crippen molar-refractivity contribution in [1.29, 1.82) is 0 Å². The van der Waals surface area contributed by atoms with Crippen molar-refractivity contribution in [2.75, 3.05) is 50.5 Å². The van der Waals surface area contributed by atoms with Gasteiger partial charge in [-0.25, -0.2) is 18.2 Å². The van der Waals surface area contributed by atoms with Crippen molar-refractivity contribution in [3.05, 3.63) is 118 Å². The lowest BCUT2D eigenvalue weighted by Gasteiger charge is -2.21. The first-order chi connectivity index (χ1) is 25.0. The van der Waals surface area contributed by atoms with Gasteiger partial charge in [-0.3, -0.25) is 19.4 Å². The second-order valence-electron chi connectivity index (χ2n) is 12.4. The molecule has 2 aliphatic rings. The van der Waals surface area contributed by atoms with Gasteiger partial charge in [0.25, 0.3) is 17.7 Å². The van der Waals surface area contributed by atoms with Crippen LogP contribution in [0.4, 0.5) is 24.7 Å². The molecule has 0 bridgehead atoms. The molecule has 4 aromatic rings. The Bertz CT molecular complexity index is 2060. The summed E-state index contributed by atoms with van der Waals surface area (Å²) >= 11 is 0. The third-order valence-electron chi connectivity index (χ3n) is 8.60. The predicted molar refractivity (Wildman–Crippen MR) is 190 cm³/mol. The fourth-order valence-corrected chi connectivity index (χ4v) is 5.84. The molecule has 0 saturated carbocycles. The number of ether oxygens (including phenoxy) is 2. The Labute approximate surface area is 296 Å². The molecule has 12 nitrogen and oxygen atoms in total. The van der Waals surface area contributed by atoms with Crippen LogP contribution in [0.3, 0.4) is 0 Å². The summed E-state index contributed by atoms with van der Waals surface area (Å²) in [7, 11) is 0. The minimum Gasteiger partial charge on any atom is -0.404 e. The SMILES string of the molecule is NC=C(C=NC[C@H]1COCCO1)c1cnc(N)c(-c2ccc(NC(=O)c3cn(Cc4ccc(F)cc4)cc(C(=O)N4CCC(F)(F)C4)c3=O)cc2)c1. The van der Waals surface area contributed by atoms with Crippen LogP contribution < -0.4 is 22.2 Å². The number of aliphatic imine (C=N–C) groups is 1. The summed E-state index contributed by atoms with van der Waals surface area (Å²) in [5, 5.41) is 2.67. The number of nitrogens with two attached hydrogens (primary N) is 2. The lowest BCUT2D eigenvalue weighted by molar-refractivity contribution is -0.0832. The van der Waals surface area contributed by atoms with E-state index in [1.54, 1.807) is 36.7 Å². The molecule has 52 heavy (non-hydrogen) atoms. The molecule has 2 aliphatic heterocycles. The van der Waals surface area contributed by atoms with Gasteiger partial charge in [0.05, 0.1) is 32.9 Å². The lowest BCUT2D eigenvalue weighted by Crippen LogP contribution is -2.37. The smallest absolute Gasteiger partial charge is 0.267 e. The molecule has 2 aromatic carbocycles. The number of allylic oxidation sites excluding steroid dienone is 1. The number of halogens is 3. The molecule has 5 N–H and O–H groups in total. The summed E-state index contributed by atoms with van der Waals surface area (Å²) < 4.78 is 53.9. The zero-order chi connectivity index (χ0) is 36.8. The quantitative estimate of drug-likeness (QED) is 0.206. The van der Waals surface area contributed by atoms with Gasteiger partial charge in [0.1, 0.15) is 28.9 Å². The molecule has 0 spiro atoms. The number of likely N-dealkylation sites (tertiary alicyclic amines) is 1. The van der Waals surface area contributed by atoms with Crippen molar-refractivity contribution < 1.29 is 32.2 Å². The number of pyridine rings is 2. The van der Waals surface area contributed by atoms with E-state index in [1.165, 1.54) is 47.4 Å². The molecule has 0 unspecified atom stereocenters. The van der Waals surface area contributed by atoms with Crippen molar-refractivity contribution in [2.45, 2.75) is 25.0 Å². The number of hydrogen-bond donors (Lipinski definition) is 3. The average Bonchev–Trinajstić information content (AvgIpc) is 3.52. The molecule has 0 radical (unpaired) electrons. The average molecular weight is 716 g/mol. The minimum absolute atomic E-state index is 0.0668. The van der Waals surface area contributed by atoms with Gasteiger partial charge >= 0.3 is 0 Å². The zero-order valence-corrected chi connectivity index (χ0v) is 27.9. The van der Waals surface area contributed by atoms with Crippen molar-refractivity contribution in [3.8, 4) is 11.1 Å². The number of carbonyl (C=O) groups excluding carboxylic acids is 2. The molecule has 15 heteroatoms. The number of anilines is 2. The van der Waals surface area contributed by atoms with E-state index in [1.807, 2.05) is 6.07 Å². The monoisotopic (exact) mass is 715 g/mol. The number of nitrogen functional groups attached to an aromatic ring is 1. The minimum atomic E-state index is -3.08. The third kappa shape index (κ3) is 8.55. The number of carbonyl (C=O) groups is 2. The second-order valence-corrected chi connectivity index (χ2v) is 12.4. The number of amides is 2. The molecule has 1 atom stereocenters. The van der Waals surface area contributed by atoms with Gasteiger partial charge in [-0.05, 0) is 41.5 Å². The molecule has 2 amide bonds. The number of aromatic nitrogens is 2.